The van der Waals surface area contributed by atoms with Crippen LogP contribution in [0.2, 0.25) is 0 Å². The van der Waals surface area contributed by atoms with E-state index in [0.717, 1.165) is 28.0 Å². The lowest BCUT2D eigenvalue weighted by Crippen LogP contribution is -2.21. The first-order valence-corrected chi connectivity index (χ1v) is 9.00. The molecule has 0 radical (unpaired) electrons. The summed E-state index contributed by atoms with van der Waals surface area (Å²) in [6.45, 7) is 7.80. The molecule has 0 unspecified atom stereocenters. The van der Waals surface area contributed by atoms with E-state index in [1.165, 1.54) is 6.92 Å². The van der Waals surface area contributed by atoms with Gasteiger partial charge in [-0.1, -0.05) is 32.9 Å². The molecule has 0 fully saturated rings. The first kappa shape index (κ1) is 19.4. The van der Waals surface area contributed by atoms with Gasteiger partial charge in [0.05, 0.1) is 18.5 Å². The van der Waals surface area contributed by atoms with Gasteiger partial charge >= 0.3 is 6.09 Å². The van der Waals surface area contributed by atoms with Gasteiger partial charge in [0, 0.05) is 23.7 Å². The van der Waals surface area contributed by atoms with E-state index >= 15 is 0 Å². The van der Waals surface area contributed by atoms with Crippen molar-refractivity contribution < 1.29 is 14.3 Å². The normalized spacial score (nSPS) is 11.3. The zero-order chi connectivity index (χ0) is 20.3. The van der Waals surface area contributed by atoms with E-state index in [1.807, 2.05) is 57.2 Å². The average molecular weight is 380 g/mol. The SMILES string of the molecule is CC(=O)Nc1ccc(-c2cc3cc(NC(=O)OCC(C)(C)C)cnc3[nH]2)cc1. The molecular weight excluding hydrogens is 356 g/mol. The molecular formula is C21H24N4O3. The number of aromatic amines is 1. The second kappa shape index (κ2) is 7.72. The number of aromatic nitrogens is 2. The summed E-state index contributed by atoms with van der Waals surface area (Å²) in [5, 5.41) is 6.32. The molecule has 0 aliphatic heterocycles. The van der Waals surface area contributed by atoms with E-state index in [1.54, 1.807) is 6.20 Å². The van der Waals surface area contributed by atoms with Crippen molar-refractivity contribution in [3.05, 3.63) is 42.6 Å². The van der Waals surface area contributed by atoms with Crippen LogP contribution in [0.5, 0.6) is 0 Å². The Bertz CT molecular complexity index is 1000. The number of amides is 2. The molecule has 0 saturated carbocycles. The third-order valence-corrected chi connectivity index (χ3v) is 3.87. The van der Waals surface area contributed by atoms with Crippen LogP contribution in [-0.4, -0.2) is 28.6 Å². The molecule has 7 nitrogen and oxygen atoms in total. The van der Waals surface area contributed by atoms with Gasteiger partial charge in [-0.3, -0.25) is 10.1 Å². The Morgan fingerprint density at radius 2 is 1.79 bits per heavy atom. The smallest absolute Gasteiger partial charge is 0.411 e. The maximum atomic E-state index is 11.9. The molecule has 28 heavy (non-hydrogen) atoms. The molecule has 0 aliphatic rings. The highest BCUT2D eigenvalue weighted by Crippen LogP contribution is 2.26. The number of H-pyrrole nitrogens is 1. The van der Waals surface area contributed by atoms with Gasteiger partial charge in [0.2, 0.25) is 5.91 Å². The second-order valence-electron chi connectivity index (χ2n) is 7.87. The summed E-state index contributed by atoms with van der Waals surface area (Å²) < 4.78 is 5.22. The number of nitrogens with one attached hydrogen (secondary N) is 3. The number of nitrogens with zero attached hydrogens (tertiary/aromatic N) is 1. The summed E-state index contributed by atoms with van der Waals surface area (Å²) in [4.78, 5) is 30.7. The first-order valence-electron chi connectivity index (χ1n) is 9.00. The van der Waals surface area contributed by atoms with Crippen molar-refractivity contribution in [2.24, 2.45) is 5.41 Å². The minimum atomic E-state index is -0.500. The minimum Gasteiger partial charge on any atom is -0.449 e. The molecule has 146 valence electrons. The molecule has 3 N–H and O–H groups in total. The first-order chi connectivity index (χ1) is 13.2. The van der Waals surface area contributed by atoms with Crippen LogP contribution in [0.25, 0.3) is 22.3 Å². The van der Waals surface area contributed by atoms with Crippen molar-refractivity contribution in [1.82, 2.24) is 9.97 Å². The second-order valence-corrected chi connectivity index (χ2v) is 7.87. The fourth-order valence-corrected chi connectivity index (χ4v) is 2.61. The lowest BCUT2D eigenvalue weighted by molar-refractivity contribution is -0.114. The molecule has 2 amide bonds. The van der Waals surface area contributed by atoms with Crippen molar-refractivity contribution in [3.63, 3.8) is 0 Å². The third-order valence-electron chi connectivity index (χ3n) is 3.87. The minimum absolute atomic E-state index is 0.0927. The molecule has 0 spiro atoms. The van der Waals surface area contributed by atoms with Crippen LogP contribution in [0.15, 0.2) is 42.6 Å². The number of benzene rings is 1. The van der Waals surface area contributed by atoms with Gasteiger partial charge in [0.1, 0.15) is 5.65 Å². The zero-order valence-electron chi connectivity index (χ0n) is 16.4. The molecule has 0 bridgehead atoms. The number of anilines is 2. The van der Waals surface area contributed by atoms with Crippen molar-refractivity contribution >= 4 is 34.4 Å². The summed E-state index contributed by atoms with van der Waals surface area (Å²) >= 11 is 0. The van der Waals surface area contributed by atoms with E-state index in [4.69, 9.17) is 4.74 Å². The molecule has 0 saturated heterocycles. The van der Waals surface area contributed by atoms with Crippen molar-refractivity contribution in [3.8, 4) is 11.3 Å². The maximum absolute atomic E-state index is 11.9. The predicted octanol–water partition coefficient (Wildman–Crippen LogP) is 4.78. The predicted molar refractivity (Wildman–Crippen MR) is 110 cm³/mol. The number of fused-ring (bicyclic) bond motifs is 1. The fraction of sp³-hybridized carbons (Fsp3) is 0.286. The number of pyridine rings is 1. The van der Waals surface area contributed by atoms with E-state index in [-0.39, 0.29) is 11.3 Å². The summed E-state index contributed by atoms with van der Waals surface area (Å²) in [5.74, 6) is -0.108. The van der Waals surface area contributed by atoms with Gasteiger partial charge in [-0.05, 0) is 35.2 Å². The van der Waals surface area contributed by atoms with Crippen LogP contribution < -0.4 is 10.6 Å². The summed E-state index contributed by atoms with van der Waals surface area (Å²) in [6.07, 6.45) is 1.08. The van der Waals surface area contributed by atoms with E-state index in [9.17, 15) is 9.59 Å². The Labute approximate surface area is 163 Å². The number of rotatable bonds is 4. The van der Waals surface area contributed by atoms with Crippen LogP contribution in [0.3, 0.4) is 0 Å². The Balaban J connectivity index is 1.73. The van der Waals surface area contributed by atoms with Gasteiger partial charge in [-0.25, -0.2) is 9.78 Å². The maximum Gasteiger partial charge on any atom is 0.411 e. The van der Waals surface area contributed by atoms with Gasteiger partial charge < -0.3 is 15.0 Å². The summed E-state index contributed by atoms with van der Waals surface area (Å²) in [6, 6.07) is 11.3. The zero-order valence-corrected chi connectivity index (χ0v) is 16.4. The molecule has 7 heteroatoms. The van der Waals surface area contributed by atoms with Crippen LogP contribution in [0.1, 0.15) is 27.7 Å². The van der Waals surface area contributed by atoms with Gasteiger partial charge in [-0.15, -0.1) is 0 Å². The lowest BCUT2D eigenvalue weighted by atomic mass is 9.99. The molecule has 2 aromatic heterocycles. The highest BCUT2D eigenvalue weighted by atomic mass is 16.5. The molecule has 0 atom stereocenters. The summed E-state index contributed by atoms with van der Waals surface area (Å²) in [7, 11) is 0. The van der Waals surface area contributed by atoms with Gasteiger partial charge in [-0.2, -0.15) is 0 Å². The third kappa shape index (κ3) is 5.09. The van der Waals surface area contributed by atoms with Crippen molar-refractivity contribution in [2.45, 2.75) is 27.7 Å². The summed E-state index contributed by atoms with van der Waals surface area (Å²) in [5.41, 5.74) is 3.79. The topological polar surface area (TPSA) is 96.1 Å². The number of carbonyl (C=O) groups excluding carboxylic acids is 2. The molecule has 3 rings (SSSR count). The number of ether oxygens (including phenoxy) is 1. The molecule has 2 heterocycles. The highest BCUT2D eigenvalue weighted by Gasteiger charge is 2.14. The molecule has 1 aromatic carbocycles. The molecule has 0 aliphatic carbocycles. The van der Waals surface area contributed by atoms with Crippen molar-refractivity contribution in [2.75, 3.05) is 17.2 Å². The average Bonchev–Trinajstić information content (AvgIpc) is 3.03. The Hall–Kier alpha value is -3.35. The number of carbonyl (C=O) groups is 2. The number of hydrogen-bond acceptors (Lipinski definition) is 4. The standard InChI is InChI=1S/C21H24N4O3/c1-13(26)23-16-7-5-14(6-8-16)18-10-15-9-17(11-22-19(15)25-18)24-20(27)28-12-21(2,3)4/h5-11H,12H2,1-4H3,(H,22,25)(H,23,26)(H,24,27). The van der Waals surface area contributed by atoms with E-state index in [2.05, 4.69) is 20.6 Å². The quantitative estimate of drug-likeness (QED) is 0.607. The van der Waals surface area contributed by atoms with Crippen LogP contribution in [0.4, 0.5) is 16.2 Å². The lowest BCUT2D eigenvalue weighted by Gasteiger charge is -2.17. The highest BCUT2D eigenvalue weighted by molar-refractivity contribution is 5.91. The van der Waals surface area contributed by atoms with Crippen molar-refractivity contribution in [1.29, 1.82) is 0 Å². The fourth-order valence-electron chi connectivity index (χ4n) is 2.61. The Kier molecular flexibility index (Phi) is 5.35. The monoisotopic (exact) mass is 380 g/mol. The van der Waals surface area contributed by atoms with Crippen LogP contribution in [0, 0.1) is 5.41 Å². The Morgan fingerprint density at radius 1 is 1.07 bits per heavy atom. The Morgan fingerprint density at radius 3 is 2.43 bits per heavy atom. The van der Waals surface area contributed by atoms with Crippen LogP contribution >= 0.6 is 0 Å². The molecule has 3 aromatic rings. The van der Waals surface area contributed by atoms with Gasteiger partial charge in [0.25, 0.3) is 0 Å². The number of hydrogen-bond donors (Lipinski definition) is 3. The van der Waals surface area contributed by atoms with E-state index in [0.29, 0.717) is 12.3 Å². The largest absolute Gasteiger partial charge is 0.449 e. The van der Waals surface area contributed by atoms with Gasteiger partial charge in [0.15, 0.2) is 0 Å². The van der Waals surface area contributed by atoms with Crippen LogP contribution in [-0.2, 0) is 9.53 Å². The van der Waals surface area contributed by atoms with E-state index < -0.39 is 6.09 Å².